The van der Waals surface area contributed by atoms with E-state index in [1.807, 2.05) is 0 Å². The first kappa shape index (κ1) is 25.1. The van der Waals surface area contributed by atoms with E-state index in [-0.39, 0.29) is 10.8 Å². The lowest BCUT2D eigenvalue weighted by Gasteiger charge is -2.27. The van der Waals surface area contributed by atoms with Crippen LogP contribution in [-0.2, 0) is 10.8 Å². The van der Waals surface area contributed by atoms with Crippen LogP contribution in [0.2, 0.25) is 0 Å². The normalized spacial score (nSPS) is 12.5. The maximum atomic E-state index is 2.47. The highest BCUT2D eigenvalue weighted by Gasteiger charge is 2.22. The smallest absolute Gasteiger partial charge is 0.0561 e. The fourth-order valence-electron chi connectivity index (χ4n) is 5.35. The van der Waals surface area contributed by atoms with Gasteiger partial charge in [-0.15, -0.1) is 0 Å². The summed E-state index contributed by atoms with van der Waals surface area (Å²) in [5, 5.41) is 2.57. The van der Waals surface area contributed by atoms with Gasteiger partial charge in [0.2, 0.25) is 0 Å². The zero-order chi connectivity index (χ0) is 26.7. The van der Waals surface area contributed by atoms with Crippen molar-refractivity contribution in [3.05, 3.63) is 101 Å². The van der Waals surface area contributed by atoms with Crippen molar-refractivity contribution in [3.8, 4) is 5.69 Å². The summed E-state index contributed by atoms with van der Waals surface area (Å²) in [5.74, 6) is 0. The van der Waals surface area contributed by atoms with Gasteiger partial charge in [0.05, 0.1) is 11.0 Å². The molecule has 0 atom stereocenters. The third kappa shape index (κ3) is 4.66. The van der Waals surface area contributed by atoms with Gasteiger partial charge in [0.1, 0.15) is 0 Å². The van der Waals surface area contributed by atoms with Crippen molar-refractivity contribution in [3.63, 3.8) is 0 Å². The lowest BCUT2D eigenvalue weighted by atomic mass is 9.80. The number of hydrogen-bond donors (Lipinski definition) is 0. The molecular weight excluding hydrogens is 448 g/mol. The second-order valence-electron chi connectivity index (χ2n) is 12.7. The summed E-state index contributed by atoms with van der Waals surface area (Å²) < 4.78 is 2.47. The Labute approximate surface area is 222 Å². The van der Waals surface area contributed by atoms with E-state index in [9.17, 15) is 0 Å². The minimum atomic E-state index is 0.0587. The van der Waals surface area contributed by atoms with Crippen molar-refractivity contribution in [1.82, 2.24) is 4.57 Å². The highest BCUT2D eigenvalue weighted by Crippen LogP contribution is 2.38. The molecule has 4 aromatic carbocycles. The molecule has 5 rings (SSSR count). The summed E-state index contributed by atoms with van der Waals surface area (Å²) in [7, 11) is 2.17. The minimum Gasteiger partial charge on any atom is -0.345 e. The second-order valence-corrected chi connectivity index (χ2v) is 12.7. The van der Waals surface area contributed by atoms with E-state index < -0.39 is 0 Å². The third-order valence-electron chi connectivity index (χ3n) is 7.55. The van der Waals surface area contributed by atoms with Gasteiger partial charge in [0.15, 0.2) is 0 Å². The Balaban J connectivity index is 1.80. The summed E-state index contributed by atoms with van der Waals surface area (Å²) in [4.78, 5) is 2.30. The Bertz CT molecular complexity index is 1570. The number of aryl methyl sites for hydroxylation is 2. The van der Waals surface area contributed by atoms with Gasteiger partial charge in [-0.25, -0.2) is 0 Å². The predicted octanol–water partition coefficient (Wildman–Crippen LogP) is 9.76. The van der Waals surface area contributed by atoms with Gasteiger partial charge in [-0.05, 0) is 89.4 Å². The van der Waals surface area contributed by atoms with Crippen LogP contribution in [0.25, 0.3) is 27.5 Å². The number of aromatic nitrogens is 1. The van der Waals surface area contributed by atoms with Crippen LogP contribution in [-0.4, -0.2) is 11.6 Å². The Morgan fingerprint density at radius 1 is 0.568 bits per heavy atom. The molecule has 0 N–H and O–H groups in total. The number of hydrogen-bond acceptors (Lipinski definition) is 1. The lowest BCUT2D eigenvalue weighted by Crippen LogP contribution is -2.17. The molecule has 190 valence electrons. The number of fused-ring (bicyclic) bond motifs is 3. The van der Waals surface area contributed by atoms with Gasteiger partial charge in [0, 0.05) is 34.9 Å². The maximum Gasteiger partial charge on any atom is 0.0561 e. The zero-order valence-electron chi connectivity index (χ0n) is 23.9. The van der Waals surface area contributed by atoms with Crippen LogP contribution in [0.4, 0.5) is 11.4 Å². The molecule has 0 aliphatic rings. The molecule has 37 heavy (non-hydrogen) atoms. The molecule has 0 radical (unpaired) electrons. The Hall–Kier alpha value is -3.52. The van der Waals surface area contributed by atoms with Crippen molar-refractivity contribution >= 4 is 33.2 Å². The van der Waals surface area contributed by atoms with Gasteiger partial charge in [-0.2, -0.15) is 0 Å². The molecule has 2 heteroatoms. The average Bonchev–Trinajstić information content (AvgIpc) is 3.15. The number of benzene rings is 4. The standard InChI is InChI=1S/C35H40N2/c1-23-16-24(2)18-28(17-23)36(9)27-14-15-31-30-12-10-11-13-32(30)37(33(31)22-27)29-20-25(34(3,4)5)19-26(21-29)35(6,7)8/h10-22H,1-9H3. The van der Waals surface area contributed by atoms with Crippen molar-refractivity contribution in [1.29, 1.82) is 0 Å². The fraction of sp³-hybridized carbons (Fsp3) is 0.314. The van der Waals surface area contributed by atoms with Crippen molar-refractivity contribution in [2.75, 3.05) is 11.9 Å². The monoisotopic (exact) mass is 488 g/mol. The molecule has 0 bridgehead atoms. The first-order valence-electron chi connectivity index (χ1n) is 13.3. The molecule has 0 spiro atoms. The van der Waals surface area contributed by atoms with Crippen molar-refractivity contribution in [2.24, 2.45) is 0 Å². The van der Waals surface area contributed by atoms with Crippen LogP contribution in [0.5, 0.6) is 0 Å². The van der Waals surface area contributed by atoms with Crippen LogP contribution < -0.4 is 4.90 Å². The Kier molecular flexibility index (Phi) is 5.98. The zero-order valence-corrected chi connectivity index (χ0v) is 23.9. The number of para-hydroxylation sites is 1. The van der Waals surface area contributed by atoms with Crippen LogP contribution in [0.3, 0.4) is 0 Å². The number of nitrogens with zero attached hydrogens (tertiary/aromatic N) is 2. The third-order valence-corrected chi connectivity index (χ3v) is 7.55. The van der Waals surface area contributed by atoms with Gasteiger partial charge < -0.3 is 9.47 Å². The second kappa shape index (κ2) is 8.80. The first-order valence-corrected chi connectivity index (χ1v) is 13.3. The quantitative estimate of drug-likeness (QED) is 0.245. The van der Waals surface area contributed by atoms with Crippen LogP contribution >= 0.6 is 0 Å². The molecule has 1 heterocycles. The number of anilines is 2. The summed E-state index contributed by atoms with van der Waals surface area (Å²) in [6.07, 6.45) is 0. The van der Waals surface area contributed by atoms with Crippen LogP contribution in [0.1, 0.15) is 63.8 Å². The maximum absolute atomic E-state index is 2.47. The SMILES string of the molecule is Cc1cc(C)cc(N(C)c2ccc3c4ccccc4n(-c4cc(C(C)(C)C)cc(C(C)(C)C)c4)c3c2)c1. The van der Waals surface area contributed by atoms with E-state index in [1.165, 1.54) is 61.1 Å². The molecule has 1 aromatic heterocycles. The van der Waals surface area contributed by atoms with Crippen molar-refractivity contribution < 1.29 is 0 Å². The fourth-order valence-corrected chi connectivity index (χ4v) is 5.35. The van der Waals surface area contributed by atoms with E-state index in [0.29, 0.717) is 0 Å². The molecule has 0 amide bonds. The molecule has 0 saturated carbocycles. The molecule has 0 unspecified atom stereocenters. The van der Waals surface area contributed by atoms with Crippen LogP contribution in [0, 0.1) is 13.8 Å². The Morgan fingerprint density at radius 3 is 1.73 bits per heavy atom. The molecule has 0 aliphatic carbocycles. The topological polar surface area (TPSA) is 8.17 Å². The highest BCUT2D eigenvalue weighted by atomic mass is 15.1. The number of rotatable bonds is 3. The molecule has 0 aliphatic heterocycles. The van der Waals surface area contributed by atoms with E-state index in [1.54, 1.807) is 0 Å². The predicted molar refractivity (Wildman–Crippen MR) is 162 cm³/mol. The first-order chi connectivity index (χ1) is 17.3. The Morgan fingerprint density at radius 2 is 1.14 bits per heavy atom. The minimum absolute atomic E-state index is 0.0587. The lowest BCUT2D eigenvalue weighted by molar-refractivity contribution is 0.568. The summed E-state index contributed by atoms with van der Waals surface area (Å²) in [6.45, 7) is 18.2. The van der Waals surface area contributed by atoms with Gasteiger partial charge in [-0.1, -0.05) is 77.9 Å². The summed E-state index contributed by atoms with van der Waals surface area (Å²) >= 11 is 0. The van der Waals surface area contributed by atoms with E-state index >= 15 is 0 Å². The van der Waals surface area contributed by atoms with Crippen LogP contribution in [0.15, 0.2) is 78.9 Å². The van der Waals surface area contributed by atoms with Gasteiger partial charge in [0.25, 0.3) is 0 Å². The molecule has 0 fully saturated rings. The van der Waals surface area contributed by atoms with E-state index in [0.717, 1.165) is 0 Å². The highest BCUT2D eigenvalue weighted by molar-refractivity contribution is 6.10. The average molecular weight is 489 g/mol. The van der Waals surface area contributed by atoms with Gasteiger partial charge in [-0.3, -0.25) is 0 Å². The van der Waals surface area contributed by atoms with Gasteiger partial charge >= 0.3 is 0 Å². The largest absolute Gasteiger partial charge is 0.345 e. The molecular formula is C35H40N2. The molecule has 5 aromatic rings. The summed E-state index contributed by atoms with van der Waals surface area (Å²) in [5.41, 5.74) is 11.5. The van der Waals surface area contributed by atoms with E-state index in [4.69, 9.17) is 0 Å². The van der Waals surface area contributed by atoms with Crippen molar-refractivity contribution in [2.45, 2.75) is 66.2 Å². The summed E-state index contributed by atoms with van der Waals surface area (Å²) in [6, 6.07) is 29.6. The van der Waals surface area contributed by atoms with E-state index in [2.05, 4.69) is 151 Å². The molecule has 2 nitrogen and oxygen atoms in total. The molecule has 0 saturated heterocycles.